The molecule has 0 bridgehead atoms. The first-order valence-electron chi connectivity index (χ1n) is 11.1. The van der Waals surface area contributed by atoms with E-state index in [1.165, 1.54) is 14.0 Å². The van der Waals surface area contributed by atoms with Gasteiger partial charge in [0, 0.05) is 6.42 Å². The number of carbonyl (C=O) groups excluding carboxylic acids is 4. The maximum atomic E-state index is 12.6. The largest absolute Gasteiger partial charge is 0.467 e. The Morgan fingerprint density at radius 2 is 1.69 bits per heavy atom. The molecule has 3 amide bonds. The third-order valence-corrected chi connectivity index (χ3v) is 5.17. The molecule has 32 heavy (non-hydrogen) atoms. The molecule has 0 aliphatic heterocycles. The number of hydrogen-bond donors (Lipinski definition) is 4. The number of amides is 3. The number of esters is 1. The number of rotatable bonds is 9. The molecule has 1 aliphatic rings. The summed E-state index contributed by atoms with van der Waals surface area (Å²) in [6.07, 6.45) is -0.0650. The molecular weight excluding hydrogens is 418 g/mol. The minimum atomic E-state index is -0.887. The molecule has 0 spiro atoms. The fourth-order valence-corrected chi connectivity index (χ4v) is 3.66. The van der Waals surface area contributed by atoms with Gasteiger partial charge < -0.3 is 30.5 Å². The number of methoxy groups -OCH3 is 1. The highest BCUT2D eigenvalue weighted by Gasteiger charge is 2.38. The number of aliphatic hydroxyl groups is 1. The normalized spacial score (nSPS) is 22.6. The molecule has 5 atom stereocenters. The molecular formula is C22H39N3O7. The average Bonchev–Trinajstić information content (AvgIpc) is 2.97. The summed E-state index contributed by atoms with van der Waals surface area (Å²) < 4.78 is 9.91. The third kappa shape index (κ3) is 9.42. The first kappa shape index (κ1) is 27.7. The van der Waals surface area contributed by atoms with E-state index in [0.717, 1.165) is 0 Å². The van der Waals surface area contributed by atoms with Crippen LogP contribution in [0.1, 0.15) is 67.2 Å². The zero-order valence-electron chi connectivity index (χ0n) is 20.2. The van der Waals surface area contributed by atoms with Gasteiger partial charge in [0.15, 0.2) is 0 Å². The monoisotopic (exact) mass is 457 g/mol. The van der Waals surface area contributed by atoms with E-state index in [9.17, 15) is 24.3 Å². The molecule has 1 fully saturated rings. The van der Waals surface area contributed by atoms with Crippen LogP contribution in [0.15, 0.2) is 0 Å². The van der Waals surface area contributed by atoms with Crippen LogP contribution in [0.3, 0.4) is 0 Å². The Bertz CT molecular complexity index is 675. The minimum absolute atomic E-state index is 0.0431. The summed E-state index contributed by atoms with van der Waals surface area (Å²) in [5.41, 5.74) is -0.696. The van der Waals surface area contributed by atoms with Crippen LogP contribution in [-0.4, -0.2) is 65.9 Å². The van der Waals surface area contributed by atoms with Crippen LogP contribution in [-0.2, 0) is 23.9 Å². The predicted molar refractivity (Wildman–Crippen MR) is 118 cm³/mol. The van der Waals surface area contributed by atoms with Crippen LogP contribution >= 0.6 is 0 Å². The molecule has 10 nitrogen and oxygen atoms in total. The van der Waals surface area contributed by atoms with Crippen LogP contribution < -0.4 is 16.0 Å². The number of carbonyl (C=O) groups is 4. The highest BCUT2D eigenvalue weighted by molar-refractivity contribution is 5.86. The van der Waals surface area contributed by atoms with E-state index in [2.05, 4.69) is 16.0 Å². The number of aliphatic hydroxyl groups excluding tert-OH is 1. The summed E-state index contributed by atoms with van der Waals surface area (Å²) in [6.45, 7) is 10.5. The summed E-state index contributed by atoms with van der Waals surface area (Å²) in [7, 11) is 1.27. The smallest absolute Gasteiger partial charge is 0.408 e. The van der Waals surface area contributed by atoms with E-state index >= 15 is 0 Å². The number of hydrogen-bond acceptors (Lipinski definition) is 7. The van der Waals surface area contributed by atoms with E-state index in [1.807, 2.05) is 13.8 Å². The Balaban J connectivity index is 2.69. The van der Waals surface area contributed by atoms with E-state index in [-0.39, 0.29) is 24.2 Å². The molecule has 3 unspecified atom stereocenters. The molecule has 1 rings (SSSR count). The maximum absolute atomic E-state index is 12.6. The molecule has 1 saturated carbocycles. The van der Waals surface area contributed by atoms with Gasteiger partial charge in [-0.25, -0.2) is 9.59 Å². The highest BCUT2D eigenvalue weighted by atomic mass is 16.6. The van der Waals surface area contributed by atoms with E-state index < -0.39 is 47.8 Å². The van der Waals surface area contributed by atoms with E-state index in [4.69, 9.17) is 9.47 Å². The Hall–Kier alpha value is -2.36. The lowest BCUT2D eigenvalue weighted by Gasteiger charge is -2.26. The second kappa shape index (κ2) is 12.0. The lowest BCUT2D eigenvalue weighted by Crippen LogP contribution is -2.53. The number of alkyl carbamates (subject to hydrolysis) is 1. The molecule has 1 aliphatic carbocycles. The van der Waals surface area contributed by atoms with Gasteiger partial charge in [-0.2, -0.15) is 0 Å². The van der Waals surface area contributed by atoms with Gasteiger partial charge in [0.25, 0.3) is 0 Å². The number of ether oxygens (including phenoxy) is 2. The van der Waals surface area contributed by atoms with Gasteiger partial charge in [-0.15, -0.1) is 0 Å². The number of nitrogens with one attached hydrogen (secondary N) is 3. The summed E-state index contributed by atoms with van der Waals surface area (Å²) in [4.78, 5) is 49.0. The maximum Gasteiger partial charge on any atom is 0.408 e. The van der Waals surface area contributed by atoms with Crippen molar-refractivity contribution in [2.45, 2.75) is 97.1 Å². The Kier molecular flexibility index (Phi) is 10.4. The van der Waals surface area contributed by atoms with E-state index in [0.29, 0.717) is 19.3 Å². The molecule has 0 saturated heterocycles. The van der Waals surface area contributed by atoms with Gasteiger partial charge in [0.1, 0.15) is 17.7 Å². The zero-order valence-corrected chi connectivity index (χ0v) is 20.2. The van der Waals surface area contributed by atoms with Crippen LogP contribution in [0.4, 0.5) is 4.79 Å². The summed E-state index contributed by atoms with van der Waals surface area (Å²) in [5.74, 6) is -1.47. The van der Waals surface area contributed by atoms with Crippen LogP contribution in [0, 0.1) is 11.8 Å². The van der Waals surface area contributed by atoms with Crippen LogP contribution in [0.25, 0.3) is 0 Å². The Morgan fingerprint density at radius 3 is 2.22 bits per heavy atom. The molecule has 0 aromatic carbocycles. The van der Waals surface area contributed by atoms with Gasteiger partial charge >= 0.3 is 12.1 Å². The summed E-state index contributed by atoms with van der Waals surface area (Å²) in [5, 5.41) is 18.2. The van der Waals surface area contributed by atoms with Gasteiger partial charge in [-0.3, -0.25) is 9.59 Å². The molecule has 0 heterocycles. The first-order valence-corrected chi connectivity index (χ1v) is 11.1. The fourth-order valence-electron chi connectivity index (χ4n) is 3.66. The van der Waals surface area contributed by atoms with Crippen molar-refractivity contribution >= 4 is 23.9 Å². The molecule has 0 aromatic rings. The predicted octanol–water partition coefficient (Wildman–Crippen LogP) is 1.25. The molecule has 184 valence electrons. The van der Waals surface area contributed by atoms with Crippen molar-refractivity contribution in [3.8, 4) is 0 Å². The lowest BCUT2D eigenvalue weighted by molar-refractivity contribution is -0.145. The third-order valence-electron chi connectivity index (χ3n) is 5.17. The molecule has 10 heteroatoms. The second-order valence-electron chi connectivity index (χ2n) is 9.78. The van der Waals surface area contributed by atoms with Gasteiger partial charge in [-0.05, 0) is 58.8 Å². The molecule has 4 N–H and O–H groups in total. The van der Waals surface area contributed by atoms with Gasteiger partial charge in [0.2, 0.25) is 11.8 Å². The van der Waals surface area contributed by atoms with Crippen molar-refractivity contribution in [3.05, 3.63) is 0 Å². The average molecular weight is 458 g/mol. The van der Waals surface area contributed by atoms with E-state index in [1.54, 1.807) is 20.8 Å². The molecule has 0 aromatic heterocycles. The van der Waals surface area contributed by atoms with Crippen molar-refractivity contribution in [1.29, 1.82) is 0 Å². The quantitative estimate of drug-likeness (QED) is 0.382. The van der Waals surface area contributed by atoms with Crippen molar-refractivity contribution in [2.24, 2.45) is 11.8 Å². The highest BCUT2D eigenvalue weighted by Crippen LogP contribution is 2.29. The SMILES string of the molecule is COC(=O)[C@H](CC(C)C)NC(=O)CC1CCC(O)C1NC(=O)[C@H](C)NC(=O)OC(C)(C)C. The zero-order chi connectivity index (χ0) is 24.6. The molecule has 0 radical (unpaired) electrons. The van der Waals surface area contributed by atoms with Crippen LogP contribution in [0.5, 0.6) is 0 Å². The summed E-state index contributed by atoms with van der Waals surface area (Å²) in [6, 6.07) is -2.27. The first-order chi connectivity index (χ1) is 14.7. The van der Waals surface area contributed by atoms with Crippen molar-refractivity contribution in [2.75, 3.05) is 7.11 Å². The Labute approximate surface area is 190 Å². The summed E-state index contributed by atoms with van der Waals surface area (Å²) >= 11 is 0. The standard InChI is InChI=1S/C22H39N3O7/c1-12(2)10-15(20(29)31-7)24-17(27)11-14-8-9-16(26)18(14)25-19(28)13(3)23-21(30)32-22(4,5)6/h12-16,18,26H,8-11H2,1-7H3,(H,23,30)(H,24,27)(H,25,28)/t13-,14?,15-,16?,18?/m0/s1. The fraction of sp³-hybridized carbons (Fsp3) is 0.818. The lowest BCUT2D eigenvalue weighted by atomic mass is 9.97. The topological polar surface area (TPSA) is 143 Å². The van der Waals surface area contributed by atoms with Crippen molar-refractivity contribution < 1.29 is 33.8 Å². The minimum Gasteiger partial charge on any atom is -0.467 e. The van der Waals surface area contributed by atoms with Crippen LogP contribution in [0.2, 0.25) is 0 Å². The Morgan fingerprint density at radius 1 is 1.06 bits per heavy atom. The van der Waals surface area contributed by atoms with Crippen molar-refractivity contribution in [1.82, 2.24) is 16.0 Å². The van der Waals surface area contributed by atoms with Crippen molar-refractivity contribution in [3.63, 3.8) is 0 Å². The van der Waals surface area contributed by atoms with Gasteiger partial charge in [0.05, 0.1) is 19.3 Å². The van der Waals surface area contributed by atoms with Gasteiger partial charge in [-0.1, -0.05) is 13.8 Å². The second-order valence-corrected chi connectivity index (χ2v) is 9.78.